The average molecular weight is 250 g/mol. The third-order valence-electron chi connectivity index (χ3n) is 2.95. The van der Waals surface area contributed by atoms with Crippen LogP contribution in [0.4, 0.5) is 13.2 Å². The summed E-state index contributed by atoms with van der Waals surface area (Å²) in [5.41, 5.74) is -0.584. The van der Waals surface area contributed by atoms with Crippen LogP contribution in [0, 0.1) is 17.5 Å². The van der Waals surface area contributed by atoms with E-state index in [4.69, 9.17) is 0 Å². The van der Waals surface area contributed by atoms with E-state index in [1.165, 1.54) is 18.2 Å². The summed E-state index contributed by atoms with van der Waals surface area (Å²) >= 11 is 0. The van der Waals surface area contributed by atoms with Crippen LogP contribution in [0.15, 0.2) is 24.3 Å². The van der Waals surface area contributed by atoms with Gasteiger partial charge in [-0.25, -0.2) is 13.2 Å². The van der Waals surface area contributed by atoms with Gasteiger partial charge in [0.05, 0.1) is 5.56 Å². The molecule has 0 aliphatic heterocycles. The predicted molar refractivity (Wildman–Crippen MR) is 56.8 cm³/mol. The van der Waals surface area contributed by atoms with Crippen LogP contribution in [0.2, 0.25) is 0 Å². The molecule has 18 heavy (non-hydrogen) atoms. The SMILES string of the molecule is O=C1c2cccc(O)c2-c2cc(F)c(F)c(F)c21. The summed E-state index contributed by atoms with van der Waals surface area (Å²) in [6.45, 7) is 0. The van der Waals surface area contributed by atoms with Crippen molar-refractivity contribution in [1.82, 2.24) is 0 Å². The number of carbonyl (C=O) groups excluding carboxylic acids is 1. The Kier molecular flexibility index (Phi) is 2.02. The lowest BCUT2D eigenvalue weighted by atomic mass is 10.0. The fourth-order valence-electron chi connectivity index (χ4n) is 2.16. The summed E-state index contributed by atoms with van der Waals surface area (Å²) in [7, 11) is 0. The van der Waals surface area contributed by atoms with Gasteiger partial charge in [0.2, 0.25) is 0 Å². The van der Waals surface area contributed by atoms with Gasteiger partial charge in [-0.05, 0) is 12.1 Å². The van der Waals surface area contributed by atoms with Gasteiger partial charge in [0.1, 0.15) is 5.75 Å². The molecule has 0 fully saturated rings. The van der Waals surface area contributed by atoms with E-state index < -0.39 is 28.8 Å². The van der Waals surface area contributed by atoms with Crippen LogP contribution in [0.3, 0.4) is 0 Å². The Hall–Kier alpha value is -2.30. The van der Waals surface area contributed by atoms with Gasteiger partial charge in [0.25, 0.3) is 0 Å². The lowest BCUT2D eigenvalue weighted by Crippen LogP contribution is -2.02. The summed E-state index contributed by atoms with van der Waals surface area (Å²) < 4.78 is 39.9. The first-order valence-corrected chi connectivity index (χ1v) is 5.07. The molecule has 2 aromatic carbocycles. The van der Waals surface area contributed by atoms with Gasteiger partial charge < -0.3 is 5.11 Å². The third kappa shape index (κ3) is 1.16. The molecule has 0 aromatic heterocycles. The number of carbonyl (C=O) groups is 1. The molecule has 0 radical (unpaired) electrons. The second-order valence-electron chi connectivity index (χ2n) is 3.94. The van der Waals surface area contributed by atoms with E-state index in [1.54, 1.807) is 0 Å². The summed E-state index contributed by atoms with van der Waals surface area (Å²) in [5, 5.41) is 9.66. The number of ketones is 1. The molecule has 0 heterocycles. The van der Waals surface area contributed by atoms with Gasteiger partial charge in [-0.15, -0.1) is 0 Å². The Morgan fingerprint density at radius 1 is 0.944 bits per heavy atom. The van der Waals surface area contributed by atoms with Crippen LogP contribution >= 0.6 is 0 Å². The smallest absolute Gasteiger partial charge is 0.197 e. The quantitative estimate of drug-likeness (QED) is 0.623. The third-order valence-corrected chi connectivity index (χ3v) is 2.95. The van der Waals surface area contributed by atoms with Gasteiger partial charge >= 0.3 is 0 Å². The van der Waals surface area contributed by atoms with Gasteiger partial charge in [0, 0.05) is 16.7 Å². The highest BCUT2D eigenvalue weighted by Crippen LogP contribution is 2.43. The number of rotatable bonds is 0. The predicted octanol–water partition coefficient (Wildman–Crippen LogP) is 3.02. The molecule has 1 aliphatic carbocycles. The monoisotopic (exact) mass is 250 g/mol. The minimum Gasteiger partial charge on any atom is -0.507 e. The van der Waals surface area contributed by atoms with E-state index in [-0.39, 0.29) is 22.4 Å². The van der Waals surface area contributed by atoms with Crippen molar-refractivity contribution < 1.29 is 23.1 Å². The maximum absolute atomic E-state index is 13.6. The molecule has 0 bridgehead atoms. The molecule has 1 N–H and O–H groups in total. The molecule has 5 heteroatoms. The van der Waals surface area contributed by atoms with Crippen molar-refractivity contribution in [2.24, 2.45) is 0 Å². The summed E-state index contributed by atoms with van der Waals surface area (Å²) in [6, 6.07) is 4.78. The molecule has 0 saturated heterocycles. The van der Waals surface area contributed by atoms with Crippen LogP contribution in [0.1, 0.15) is 15.9 Å². The first-order chi connectivity index (χ1) is 8.52. The molecule has 3 rings (SSSR count). The lowest BCUT2D eigenvalue weighted by molar-refractivity contribution is 0.103. The number of hydrogen-bond donors (Lipinski definition) is 1. The highest BCUT2D eigenvalue weighted by atomic mass is 19.2. The normalized spacial score (nSPS) is 12.5. The second kappa shape index (κ2) is 3.35. The van der Waals surface area contributed by atoms with E-state index in [0.29, 0.717) is 0 Å². The van der Waals surface area contributed by atoms with Crippen molar-refractivity contribution in [1.29, 1.82) is 0 Å². The molecule has 0 amide bonds. The zero-order valence-corrected chi connectivity index (χ0v) is 8.80. The number of benzene rings is 2. The summed E-state index contributed by atoms with van der Waals surface area (Å²) in [6.07, 6.45) is 0. The number of fused-ring (bicyclic) bond motifs is 3. The minimum absolute atomic E-state index is 0.0360. The van der Waals surface area contributed by atoms with E-state index >= 15 is 0 Å². The molecule has 2 nitrogen and oxygen atoms in total. The Morgan fingerprint density at radius 3 is 2.39 bits per heavy atom. The fourth-order valence-corrected chi connectivity index (χ4v) is 2.16. The maximum atomic E-state index is 13.6. The summed E-state index contributed by atoms with van der Waals surface area (Å²) in [4.78, 5) is 11.9. The molecule has 1 aliphatic rings. The van der Waals surface area contributed by atoms with Crippen molar-refractivity contribution in [2.75, 3.05) is 0 Å². The van der Waals surface area contributed by atoms with Crippen LogP contribution in [0.5, 0.6) is 5.75 Å². The topological polar surface area (TPSA) is 37.3 Å². The molecule has 90 valence electrons. The van der Waals surface area contributed by atoms with Crippen molar-refractivity contribution in [3.8, 4) is 16.9 Å². The number of aromatic hydroxyl groups is 1. The number of phenolic OH excluding ortho intramolecular Hbond substituents is 1. The first-order valence-electron chi connectivity index (χ1n) is 5.07. The maximum Gasteiger partial charge on any atom is 0.197 e. The van der Waals surface area contributed by atoms with Crippen LogP contribution < -0.4 is 0 Å². The van der Waals surface area contributed by atoms with E-state index in [1.807, 2.05) is 0 Å². The van der Waals surface area contributed by atoms with Crippen molar-refractivity contribution in [3.63, 3.8) is 0 Å². The molecule has 2 aromatic rings. The molecule has 0 atom stereocenters. The van der Waals surface area contributed by atoms with Crippen molar-refractivity contribution in [3.05, 3.63) is 52.8 Å². The van der Waals surface area contributed by atoms with Gasteiger partial charge in [-0.1, -0.05) is 12.1 Å². The van der Waals surface area contributed by atoms with Crippen LogP contribution in [-0.2, 0) is 0 Å². The Balaban J connectivity index is 2.47. The van der Waals surface area contributed by atoms with Crippen molar-refractivity contribution in [2.45, 2.75) is 0 Å². The Labute approximate surface area is 99.3 Å². The first kappa shape index (κ1) is 10.8. The summed E-state index contributed by atoms with van der Waals surface area (Å²) in [5.74, 6) is -5.63. The van der Waals surface area contributed by atoms with Crippen molar-refractivity contribution >= 4 is 5.78 Å². The minimum atomic E-state index is -1.69. The molecule has 0 spiro atoms. The average Bonchev–Trinajstić information content (AvgIpc) is 2.62. The van der Waals surface area contributed by atoms with E-state index in [2.05, 4.69) is 0 Å². The molecule has 0 saturated carbocycles. The molecular weight excluding hydrogens is 245 g/mol. The highest BCUT2D eigenvalue weighted by Gasteiger charge is 2.34. The van der Waals surface area contributed by atoms with Gasteiger partial charge in [-0.3, -0.25) is 4.79 Å². The van der Waals surface area contributed by atoms with Crippen LogP contribution in [0.25, 0.3) is 11.1 Å². The standard InChI is InChI=1S/C13H5F3O2/c14-7-4-6-9-5(2-1-3-8(9)17)13(18)10(6)12(16)11(7)15/h1-4,17H. The van der Waals surface area contributed by atoms with Crippen LogP contribution in [-0.4, -0.2) is 10.9 Å². The highest BCUT2D eigenvalue weighted by molar-refractivity contribution is 6.22. The Bertz CT molecular complexity index is 708. The molecular formula is C13H5F3O2. The molecule has 0 unspecified atom stereocenters. The zero-order valence-electron chi connectivity index (χ0n) is 8.80. The number of halogens is 3. The fraction of sp³-hybridized carbons (Fsp3) is 0. The second-order valence-corrected chi connectivity index (χ2v) is 3.94. The van der Waals surface area contributed by atoms with E-state index in [9.17, 15) is 23.1 Å². The largest absolute Gasteiger partial charge is 0.507 e. The van der Waals surface area contributed by atoms with Gasteiger partial charge in [-0.2, -0.15) is 0 Å². The lowest BCUT2D eigenvalue weighted by Gasteiger charge is -2.04. The van der Waals surface area contributed by atoms with Gasteiger partial charge in [0.15, 0.2) is 23.2 Å². The van der Waals surface area contributed by atoms with E-state index in [0.717, 1.165) is 6.07 Å². The number of hydrogen-bond acceptors (Lipinski definition) is 2. The zero-order chi connectivity index (χ0) is 13.0. The number of phenols is 1. The Morgan fingerprint density at radius 2 is 1.67 bits per heavy atom.